The molecule has 0 spiro atoms. The van der Waals surface area contributed by atoms with Gasteiger partial charge in [-0.3, -0.25) is 0 Å². The van der Waals surface area contributed by atoms with Crippen LogP contribution in [-0.2, 0) is 0 Å². The molecular formula is C58H39N5. The van der Waals surface area contributed by atoms with Crippen molar-refractivity contribution in [3.63, 3.8) is 0 Å². The van der Waals surface area contributed by atoms with Crippen LogP contribution in [-0.4, -0.2) is 13.7 Å². The van der Waals surface area contributed by atoms with Crippen molar-refractivity contribution >= 4 is 76.2 Å². The highest BCUT2D eigenvalue weighted by Crippen LogP contribution is 2.49. The number of hydrogen-bond acceptors (Lipinski definition) is 2. The van der Waals surface area contributed by atoms with Crippen LogP contribution in [0, 0.1) is 50.4 Å². The Morgan fingerprint density at radius 2 is 0.698 bits per heavy atom. The molecule has 5 nitrogen and oxygen atoms in total. The average molecular weight is 806 g/mol. The van der Waals surface area contributed by atoms with Gasteiger partial charge in [0.05, 0.1) is 50.2 Å². The number of rotatable bonds is 4. The Balaban J connectivity index is 1.42. The lowest BCUT2D eigenvalue weighted by atomic mass is 9.90. The molecule has 63 heavy (non-hydrogen) atoms. The summed E-state index contributed by atoms with van der Waals surface area (Å²) in [4.78, 5) is 0. The van der Waals surface area contributed by atoms with Crippen molar-refractivity contribution in [2.75, 3.05) is 0 Å². The van der Waals surface area contributed by atoms with E-state index in [0.717, 1.165) is 121 Å². The van der Waals surface area contributed by atoms with Gasteiger partial charge >= 0.3 is 0 Å². The van der Waals surface area contributed by atoms with Crippen molar-refractivity contribution in [2.45, 2.75) is 27.7 Å². The second kappa shape index (κ2) is 13.6. The van der Waals surface area contributed by atoms with E-state index in [1.165, 1.54) is 0 Å². The topological polar surface area (TPSA) is 62.4 Å². The van der Waals surface area contributed by atoms with E-state index in [2.05, 4.69) is 205 Å². The normalized spacial score (nSPS) is 11.8. The third-order valence-electron chi connectivity index (χ3n) is 13.1. The van der Waals surface area contributed by atoms with Gasteiger partial charge in [-0.25, -0.2) is 0 Å². The zero-order chi connectivity index (χ0) is 42.7. The standard InChI is InChI=1S/C58H39N5/c1-34-17-23-51-43(27-34)44-28-35(2)18-24-52(44)62(51)57-47(32-59)56(61-49-15-9-7-13-41(49)42-14-8-10-16-50(42)61)48(33-60)58(55(57)40-22-21-38-11-5-6-12-39(38)31-40)63-53-25-19-36(3)29-45(53)46-30-37(4)20-26-54(46)63/h5-31H,1-4H3. The van der Waals surface area contributed by atoms with Gasteiger partial charge in [0.15, 0.2) is 0 Å². The quantitative estimate of drug-likeness (QED) is 0.178. The van der Waals surface area contributed by atoms with Crippen molar-refractivity contribution < 1.29 is 0 Å². The minimum absolute atomic E-state index is 0.414. The monoisotopic (exact) mass is 805 g/mol. The van der Waals surface area contributed by atoms with E-state index in [1.54, 1.807) is 0 Å². The number of nitriles is 2. The van der Waals surface area contributed by atoms with Crippen molar-refractivity contribution in [3.05, 3.63) is 197 Å². The molecule has 0 aliphatic carbocycles. The first-order valence-electron chi connectivity index (χ1n) is 21.4. The molecule has 296 valence electrons. The third kappa shape index (κ3) is 5.21. The summed E-state index contributed by atoms with van der Waals surface area (Å²) >= 11 is 0. The maximum absolute atomic E-state index is 12.1. The largest absolute Gasteiger partial charge is 0.307 e. The summed E-state index contributed by atoms with van der Waals surface area (Å²) in [7, 11) is 0. The molecule has 0 saturated carbocycles. The molecule has 0 unspecified atom stereocenters. The van der Waals surface area contributed by atoms with Crippen LogP contribution in [0.2, 0.25) is 0 Å². The molecule has 12 rings (SSSR count). The number of aromatic nitrogens is 3. The second-order valence-corrected chi connectivity index (χ2v) is 17.1. The van der Waals surface area contributed by atoms with Crippen LogP contribution in [0.25, 0.3) is 104 Å². The molecule has 0 bridgehead atoms. The molecule has 0 saturated heterocycles. The highest BCUT2D eigenvalue weighted by Gasteiger charge is 2.33. The van der Waals surface area contributed by atoms with Crippen molar-refractivity contribution in [1.82, 2.24) is 13.7 Å². The molecule has 0 aliphatic heterocycles. The Morgan fingerprint density at radius 1 is 0.333 bits per heavy atom. The van der Waals surface area contributed by atoms with Crippen molar-refractivity contribution in [2.24, 2.45) is 0 Å². The lowest BCUT2D eigenvalue weighted by Gasteiger charge is -2.26. The highest BCUT2D eigenvalue weighted by molar-refractivity contribution is 6.15. The van der Waals surface area contributed by atoms with Gasteiger partial charge in [0.25, 0.3) is 0 Å². The Morgan fingerprint density at radius 3 is 1.13 bits per heavy atom. The number of aryl methyl sites for hydroxylation is 4. The molecular weight excluding hydrogens is 767 g/mol. The maximum Gasteiger partial charge on any atom is 0.104 e. The Hall–Kier alpha value is -8.38. The lowest BCUT2D eigenvalue weighted by Crippen LogP contribution is -2.14. The van der Waals surface area contributed by atoms with Gasteiger partial charge in [-0.15, -0.1) is 0 Å². The highest BCUT2D eigenvalue weighted by atomic mass is 15.1. The minimum atomic E-state index is 0.414. The first kappa shape index (κ1) is 36.5. The summed E-state index contributed by atoms with van der Waals surface area (Å²) in [5.41, 5.74) is 14.9. The van der Waals surface area contributed by atoms with Gasteiger partial charge in [0.2, 0.25) is 0 Å². The molecule has 3 heterocycles. The number of hydrogen-bond donors (Lipinski definition) is 0. The fourth-order valence-electron chi connectivity index (χ4n) is 10.4. The van der Waals surface area contributed by atoms with E-state index in [9.17, 15) is 10.5 Å². The average Bonchev–Trinajstić information content (AvgIpc) is 3.92. The number of para-hydroxylation sites is 2. The molecule has 5 heteroatoms. The van der Waals surface area contributed by atoms with Gasteiger partial charge in [0, 0.05) is 37.9 Å². The Labute approximate surface area is 364 Å². The summed E-state index contributed by atoms with van der Waals surface area (Å²) in [6.07, 6.45) is 0. The summed E-state index contributed by atoms with van der Waals surface area (Å²) in [6.45, 7) is 8.52. The molecule has 0 fully saturated rings. The molecule has 9 aromatic carbocycles. The molecule has 0 atom stereocenters. The van der Waals surface area contributed by atoms with E-state index in [4.69, 9.17) is 0 Å². The zero-order valence-electron chi connectivity index (χ0n) is 35.3. The summed E-state index contributed by atoms with van der Waals surface area (Å²) in [5, 5.41) is 32.8. The minimum Gasteiger partial charge on any atom is -0.307 e. The summed E-state index contributed by atoms with van der Waals surface area (Å²) < 4.78 is 6.77. The SMILES string of the molecule is Cc1ccc2c(c1)c1cc(C)ccc1n2-c1c(C#N)c(-n2c3ccccc3c3ccccc32)c(C#N)c(-n2c3ccc(C)cc3c3cc(C)ccc32)c1-c1ccc2ccccc2c1. The molecule has 3 aromatic heterocycles. The molecule has 12 aromatic rings. The molecule has 0 N–H and O–H groups in total. The van der Waals surface area contributed by atoms with E-state index in [0.29, 0.717) is 16.8 Å². The lowest BCUT2D eigenvalue weighted by molar-refractivity contribution is 1.08. The van der Waals surface area contributed by atoms with Gasteiger partial charge in [-0.1, -0.05) is 119 Å². The van der Waals surface area contributed by atoms with Crippen LogP contribution in [0.4, 0.5) is 0 Å². The van der Waals surface area contributed by atoms with E-state index < -0.39 is 0 Å². The molecule has 0 amide bonds. The summed E-state index contributed by atoms with van der Waals surface area (Å²) in [5.74, 6) is 0. The van der Waals surface area contributed by atoms with Crippen molar-refractivity contribution in [1.29, 1.82) is 10.5 Å². The van der Waals surface area contributed by atoms with Gasteiger partial charge < -0.3 is 13.7 Å². The fourth-order valence-corrected chi connectivity index (χ4v) is 10.4. The summed E-state index contributed by atoms with van der Waals surface area (Å²) in [6, 6.07) is 63.6. The predicted molar refractivity (Wildman–Crippen MR) is 261 cm³/mol. The Kier molecular flexibility index (Phi) is 7.85. The fraction of sp³-hybridized carbons (Fsp3) is 0.0690. The third-order valence-corrected chi connectivity index (χ3v) is 13.1. The zero-order valence-corrected chi connectivity index (χ0v) is 35.3. The van der Waals surface area contributed by atoms with Crippen LogP contribution in [0.3, 0.4) is 0 Å². The predicted octanol–water partition coefficient (Wildman–Crippen LogP) is 14.8. The van der Waals surface area contributed by atoms with E-state index in [1.807, 2.05) is 12.1 Å². The van der Waals surface area contributed by atoms with Crippen LogP contribution < -0.4 is 0 Å². The van der Waals surface area contributed by atoms with Crippen LogP contribution in [0.5, 0.6) is 0 Å². The molecule has 0 aliphatic rings. The molecule has 0 radical (unpaired) electrons. The first-order chi connectivity index (χ1) is 30.8. The van der Waals surface area contributed by atoms with E-state index >= 15 is 0 Å². The van der Waals surface area contributed by atoms with Crippen molar-refractivity contribution in [3.8, 4) is 40.3 Å². The number of benzene rings is 9. The van der Waals surface area contributed by atoms with Gasteiger partial charge in [-0.2, -0.15) is 10.5 Å². The van der Waals surface area contributed by atoms with Crippen LogP contribution in [0.1, 0.15) is 33.4 Å². The van der Waals surface area contributed by atoms with Crippen LogP contribution >= 0.6 is 0 Å². The second-order valence-electron chi connectivity index (χ2n) is 17.1. The number of nitrogens with zero attached hydrogens (tertiary/aromatic N) is 5. The van der Waals surface area contributed by atoms with Gasteiger partial charge in [-0.05, 0) is 111 Å². The van der Waals surface area contributed by atoms with Crippen LogP contribution in [0.15, 0.2) is 164 Å². The van der Waals surface area contributed by atoms with E-state index in [-0.39, 0.29) is 0 Å². The maximum atomic E-state index is 12.1. The Bertz CT molecular complexity index is 3710. The first-order valence-corrected chi connectivity index (χ1v) is 21.4. The number of fused-ring (bicyclic) bond motifs is 10. The smallest absolute Gasteiger partial charge is 0.104 e. The van der Waals surface area contributed by atoms with Gasteiger partial charge in [0.1, 0.15) is 23.3 Å².